The number of amides is 2. The maximum absolute atomic E-state index is 13.1. The highest BCUT2D eigenvalue weighted by molar-refractivity contribution is 5.78. The number of hydrogen-bond donors (Lipinski definition) is 3. The lowest BCUT2D eigenvalue weighted by atomic mass is 10.1. The van der Waals surface area contributed by atoms with Crippen LogP contribution in [0.25, 0.3) is 11.0 Å². The van der Waals surface area contributed by atoms with Crippen LogP contribution in [-0.4, -0.2) is 17.7 Å². The Labute approximate surface area is 138 Å². The molecule has 1 aromatic heterocycles. The van der Waals surface area contributed by atoms with Gasteiger partial charge >= 0.3 is 6.03 Å². The molecule has 3 N–H and O–H groups in total. The molecule has 124 valence electrons. The molecule has 0 aliphatic heterocycles. The molecule has 1 heterocycles. The van der Waals surface area contributed by atoms with Gasteiger partial charge in [-0.05, 0) is 29.8 Å². The molecule has 0 fully saturated rings. The number of halogens is 1. The smallest absolute Gasteiger partial charge is 0.315 e. The van der Waals surface area contributed by atoms with Gasteiger partial charge in [0.1, 0.15) is 17.2 Å². The quantitative estimate of drug-likeness (QED) is 0.674. The van der Waals surface area contributed by atoms with Gasteiger partial charge in [-0.25, -0.2) is 9.18 Å². The highest BCUT2D eigenvalue weighted by Gasteiger charge is 2.10. The molecule has 0 aliphatic carbocycles. The molecule has 3 aromatic rings. The Kier molecular flexibility index (Phi) is 4.77. The number of nitrogens with one attached hydrogen (secondary N) is 2. The Morgan fingerprint density at radius 3 is 2.75 bits per heavy atom. The van der Waals surface area contributed by atoms with Gasteiger partial charge in [0.05, 0.1) is 12.6 Å². The van der Waals surface area contributed by atoms with Gasteiger partial charge in [0.25, 0.3) is 0 Å². The number of aliphatic hydroxyl groups is 1. The zero-order valence-corrected chi connectivity index (χ0v) is 12.8. The molecule has 0 saturated heterocycles. The van der Waals surface area contributed by atoms with Crippen molar-refractivity contribution in [2.24, 2.45) is 0 Å². The minimum Gasteiger partial charge on any atom is -0.459 e. The number of urea groups is 1. The Hall–Kier alpha value is -2.86. The molecule has 3 rings (SSSR count). The molecule has 1 atom stereocenters. The van der Waals surface area contributed by atoms with Gasteiger partial charge < -0.3 is 20.2 Å². The van der Waals surface area contributed by atoms with Crippen LogP contribution in [0.3, 0.4) is 0 Å². The highest BCUT2D eigenvalue weighted by atomic mass is 19.1. The first-order valence-electron chi connectivity index (χ1n) is 7.54. The summed E-state index contributed by atoms with van der Waals surface area (Å²) in [7, 11) is 0. The van der Waals surface area contributed by atoms with Crippen LogP contribution in [-0.2, 0) is 6.54 Å². The van der Waals surface area contributed by atoms with E-state index in [2.05, 4.69) is 10.6 Å². The van der Waals surface area contributed by atoms with Gasteiger partial charge in [0.2, 0.25) is 0 Å². The third kappa shape index (κ3) is 3.91. The predicted octanol–water partition coefficient (Wildman–Crippen LogP) is 3.10. The minimum atomic E-state index is -0.974. The van der Waals surface area contributed by atoms with E-state index in [1.54, 1.807) is 6.07 Å². The number of hydrogen-bond acceptors (Lipinski definition) is 3. The van der Waals surface area contributed by atoms with E-state index in [9.17, 15) is 14.3 Å². The summed E-state index contributed by atoms with van der Waals surface area (Å²) in [6.07, 6.45) is -0.974. The number of benzene rings is 2. The molecule has 24 heavy (non-hydrogen) atoms. The Morgan fingerprint density at radius 1 is 1.12 bits per heavy atom. The summed E-state index contributed by atoms with van der Waals surface area (Å²) >= 11 is 0. The summed E-state index contributed by atoms with van der Waals surface area (Å²) in [5.41, 5.74) is 1.17. The largest absolute Gasteiger partial charge is 0.459 e. The van der Waals surface area contributed by atoms with Crippen molar-refractivity contribution in [3.63, 3.8) is 0 Å². The first kappa shape index (κ1) is 16.0. The zero-order chi connectivity index (χ0) is 16.9. The molecular formula is C18H17FN2O3. The van der Waals surface area contributed by atoms with Crippen LogP contribution < -0.4 is 10.6 Å². The number of carbonyl (C=O) groups excluding carboxylic acids is 1. The van der Waals surface area contributed by atoms with Crippen molar-refractivity contribution in [3.05, 3.63) is 71.7 Å². The van der Waals surface area contributed by atoms with Crippen molar-refractivity contribution in [1.29, 1.82) is 0 Å². The first-order chi connectivity index (χ1) is 11.6. The second-order valence-corrected chi connectivity index (χ2v) is 5.38. The number of carbonyl (C=O) groups is 1. The van der Waals surface area contributed by atoms with E-state index in [0.29, 0.717) is 11.3 Å². The van der Waals surface area contributed by atoms with E-state index < -0.39 is 18.0 Å². The van der Waals surface area contributed by atoms with E-state index >= 15 is 0 Å². The molecule has 0 radical (unpaired) electrons. The summed E-state index contributed by atoms with van der Waals surface area (Å²) in [4.78, 5) is 11.8. The van der Waals surface area contributed by atoms with Crippen LogP contribution in [0.1, 0.15) is 17.4 Å². The lowest BCUT2D eigenvalue weighted by Crippen LogP contribution is -2.37. The monoisotopic (exact) mass is 328 g/mol. The predicted molar refractivity (Wildman–Crippen MR) is 87.8 cm³/mol. The fourth-order valence-electron chi connectivity index (χ4n) is 2.37. The van der Waals surface area contributed by atoms with Crippen LogP contribution in [0.5, 0.6) is 0 Å². The lowest BCUT2D eigenvalue weighted by molar-refractivity contribution is 0.172. The Bertz CT molecular complexity index is 814. The molecule has 2 amide bonds. The number of fused-ring (bicyclic) bond motifs is 1. The number of rotatable bonds is 5. The fraction of sp³-hybridized carbons (Fsp3) is 0.167. The van der Waals surface area contributed by atoms with Crippen LogP contribution >= 0.6 is 0 Å². The highest BCUT2D eigenvalue weighted by Crippen LogP contribution is 2.18. The third-order valence-electron chi connectivity index (χ3n) is 3.59. The summed E-state index contributed by atoms with van der Waals surface area (Å²) in [5, 5.41) is 16.1. The van der Waals surface area contributed by atoms with Crippen molar-refractivity contribution in [1.82, 2.24) is 10.6 Å². The maximum atomic E-state index is 13.1. The van der Waals surface area contributed by atoms with E-state index in [1.807, 2.05) is 30.3 Å². The Morgan fingerprint density at radius 2 is 1.96 bits per heavy atom. The molecule has 0 bridgehead atoms. The van der Waals surface area contributed by atoms with Crippen LogP contribution in [0.4, 0.5) is 9.18 Å². The van der Waals surface area contributed by atoms with Crippen molar-refractivity contribution in [2.75, 3.05) is 6.54 Å². The van der Waals surface area contributed by atoms with E-state index in [-0.39, 0.29) is 13.1 Å². The van der Waals surface area contributed by atoms with Gasteiger partial charge in [-0.3, -0.25) is 0 Å². The zero-order valence-electron chi connectivity index (χ0n) is 12.8. The second kappa shape index (κ2) is 7.14. The molecule has 5 nitrogen and oxygen atoms in total. The summed E-state index contributed by atoms with van der Waals surface area (Å²) in [5.74, 6) is 0.206. The minimum absolute atomic E-state index is 0.0184. The number of para-hydroxylation sites is 1. The van der Waals surface area contributed by atoms with Gasteiger partial charge in [-0.1, -0.05) is 30.3 Å². The third-order valence-corrected chi connectivity index (χ3v) is 3.59. The van der Waals surface area contributed by atoms with Crippen molar-refractivity contribution >= 4 is 17.0 Å². The van der Waals surface area contributed by atoms with Crippen LogP contribution in [0, 0.1) is 5.82 Å². The molecule has 0 aliphatic rings. The van der Waals surface area contributed by atoms with Crippen LogP contribution in [0.2, 0.25) is 0 Å². The van der Waals surface area contributed by atoms with Crippen LogP contribution in [0.15, 0.2) is 59.0 Å². The van der Waals surface area contributed by atoms with E-state index in [4.69, 9.17) is 4.42 Å². The van der Waals surface area contributed by atoms with Gasteiger partial charge in [-0.15, -0.1) is 0 Å². The molecule has 0 spiro atoms. The fourth-order valence-corrected chi connectivity index (χ4v) is 2.37. The average molecular weight is 328 g/mol. The van der Waals surface area contributed by atoms with Crippen molar-refractivity contribution in [3.8, 4) is 0 Å². The number of furan rings is 1. The van der Waals surface area contributed by atoms with Crippen molar-refractivity contribution in [2.45, 2.75) is 12.6 Å². The number of aliphatic hydroxyl groups excluding tert-OH is 1. The van der Waals surface area contributed by atoms with E-state index in [1.165, 1.54) is 18.2 Å². The molecular weight excluding hydrogens is 311 g/mol. The molecule has 6 heteroatoms. The summed E-state index contributed by atoms with van der Waals surface area (Å²) in [6, 6.07) is 14.6. The topological polar surface area (TPSA) is 74.5 Å². The molecule has 2 aromatic carbocycles. The summed E-state index contributed by atoms with van der Waals surface area (Å²) < 4.78 is 18.7. The standard InChI is InChI=1S/C18H17FN2O3/c19-14-6-3-5-12(8-14)16(22)11-21-18(23)20-10-15-9-13-4-1-2-7-17(13)24-15/h1-9,16,22H,10-11H2,(H2,20,21,23). The average Bonchev–Trinajstić information content (AvgIpc) is 3.00. The second-order valence-electron chi connectivity index (χ2n) is 5.38. The van der Waals surface area contributed by atoms with Gasteiger partial charge in [0, 0.05) is 11.9 Å². The molecule has 0 saturated carbocycles. The normalized spacial score (nSPS) is 12.1. The summed E-state index contributed by atoms with van der Waals surface area (Å²) in [6.45, 7) is 0.214. The Balaban J connectivity index is 1.48. The molecule has 1 unspecified atom stereocenters. The van der Waals surface area contributed by atoms with Gasteiger partial charge in [0.15, 0.2) is 0 Å². The first-order valence-corrected chi connectivity index (χ1v) is 7.54. The van der Waals surface area contributed by atoms with Crippen molar-refractivity contribution < 1.29 is 18.7 Å². The SMILES string of the molecule is O=C(NCc1cc2ccccc2o1)NCC(O)c1cccc(F)c1. The van der Waals surface area contributed by atoms with E-state index in [0.717, 1.165) is 11.0 Å². The van der Waals surface area contributed by atoms with Gasteiger partial charge in [-0.2, -0.15) is 0 Å². The maximum Gasteiger partial charge on any atom is 0.315 e. The lowest BCUT2D eigenvalue weighted by Gasteiger charge is -2.12.